The molecule has 5 N–H and O–H groups in total. The van der Waals surface area contributed by atoms with Crippen molar-refractivity contribution in [3.63, 3.8) is 0 Å². The molecule has 2 aliphatic heterocycles. The number of anilines is 2. The van der Waals surface area contributed by atoms with E-state index in [9.17, 15) is 24.6 Å². The summed E-state index contributed by atoms with van der Waals surface area (Å²) in [6, 6.07) is 18.3. The number of hydrogen-bond donors (Lipinski definition) is 5. The molecule has 56 heavy (non-hydrogen) atoms. The Kier molecular flexibility index (Phi) is 11.3. The number of amides is 1. The minimum Gasteiger partial charge on any atom is -0.454 e. The van der Waals surface area contributed by atoms with Crippen LogP contribution in [-0.4, -0.2) is 85.1 Å². The third kappa shape index (κ3) is 7.31. The minimum absolute atomic E-state index is 0.0901. The number of carbonyl (C=O) groups excluding carboxylic acids is 3. The zero-order chi connectivity index (χ0) is 39.9. The van der Waals surface area contributed by atoms with Gasteiger partial charge in [0.1, 0.15) is 17.2 Å². The quantitative estimate of drug-likeness (QED) is 0.0767. The lowest BCUT2D eigenvalue weighted by Gasteiger charge is -2.55. The van der Waals surface area contributed by atoms with E-state index in [1.54, 1.807) is 32.2 Å². The molecule has 0 spiro atoms. The third-order valence-corrected chi connectivity index (χ3v) is 12.5. The van der Waals surface area contributed by atoms with E-state index in [0.29, 0.717) is 41.4 Å². The zero-order valence-electron chi connectivity index (χ0n) is 32.3. The molecule has 13 nitrogen and oxygen atoms in total. The SMILES string of the molecule is CC(=O)O[C@@H]1C(C)=C[C@@H]2[C@H](C(C)COC(=O)NCCNc3cccc4ccccc34)CC[C@@H](C)[C@]2(O)[C@H]1OC(=O)[C@@H]1C[C@@]2(O)c3cccc(Cl)c3N(C)O[C@H]2N1. The highest BCUT2D eigenvalue weighted by atomic mass is 35.5. The Hall–Kier alpha value is -4.40. The number of esters is 2. The first kappa shape index (κ1) is 39.8. The number of nitrogens with one attached hydrogen (secondary N) is 3. The van der Waals surface area contributed by atoms with E-state index in [-0.39, 0.29) is 30.8 Å². The molecule has 7 rings (SSSR count). The van der Waals surface area contributed by atoms with Gasteiger partial charge in [-0.2, -0.15) is 0 Å². The molecule has 1 amide bonds. The average Bonchev–Trinajstić information content (AvgIpc) is 3.52. The number of alkyl carbamates (subject to hydrolysis) is 1. The fraction of sp³-hybridized carbons (Fsp3) is 0.500. The Bertz CT molecular complexity index is 2010. The Morgan fingerprint density at radius 3 is 2.59 bits per heavy atom. The van der Waals surface area contributed by atoms with Crippen LogP contribution in [0.2, 0.25) is 5.02 Å². The van der Waals surface area contributed by atoms with Gasteiger partial charge in [0, 0.05) is 56.0 Å². The van der Waals surface area contributed by atoms with Gasteiger partial charge in [-0.1, -0.05) is 80.1 Å². The van der Waals surface area contributed by atoms with E-state index in [0.717, 1.165) is 22.9 Å². The van der Waals surface area contributed by atoms with E-state index < -0.39 is 59.6 Å². The molecule has 3 aromatic rings. The number of halogens is 1. The van der Waals surface area contributed by atoms with Crippen LogP contribution < -0.4 is 21.0 Å². The molecule has 10 atom stereocenters. The smallest absolute Gasteiger partial charge is 0.407 e. The summed E-state index contributed by atoms with van der Waals surface area (Å²) in [5.74, 6) is -2.54. The van der Waals surface area contributed by atoms with Crippen LogP contribution >= 0.6 is 11.6 Å². The molecule has 4 aliphatic rings. The van der Waals surface area contributed by atoms with Crippen molar-refractivity contribution in [2.45, 2.75) is 82.6 Å². The lowest BCUT2D eigenvalue weighted by Crippen LogP contribution is -2.66. The van der Waals surface area contributed by atoms with E-state index in [1.165, 1.54) is 12.0 Å². The maximum atomic E-state index is 14.1. The van der Waals surface area contributed by atoms with Crippen molar-refractivity contribution >= 4 is 51.8 Å². The van der Waals surface area contributed by atoms with Gasteiger partial charge in [-0.05, 0) is 60.6 Å². The van der Waals surface area contributed by atoms with Crippen LogP contribution in [0.15, 0.2) is 72.3 Å². The first-order valence-electron chi connectivity index (χ1n) is 19.3. The van der Waals surface area contributed by atoms with Crippen molar-refractivity contribution in [2.24, 2.45) is 23.7 Å². The number of hydrogen-bond acceptors (Lipinski definition) is 12. The predicted molar refractivity (Wildman–Crippen MR) is 211 cm³/mol. The zero-order valence-corrected chi connectivity index (χ0v) is 33.0. The fourth-order valence-electron chi connectivity index (χ4n) is 9.28. The summed E-state index contributed by atoms with van der Waals surface area (Å²) in [7, 11) is 1.67. The van der Waals surface area contributed by atoms with Gasteiger partial charge < -0.3 is 35.1 Å². The van der Waals surface area contributed by atoms with Gasteiger partial charge in [0.25, 0.3) is 0 Å². The second-order valence-corrected chi connectivity index (χ2v) is 16.2. The Morgan fingerprint density at radius 1 is 1.05 bits per heavy atom. The summed E-state index contributed by atoms with van der Waals surface area (Å²) in [5.41, 5.74) is -0.625. The second kappa shape index (κ2) is 15.9. The van der Waals surface area contributed by atoms with E-state index >= 15 is 0 Å². The van der Waals surface area contributed by atoms with Crippen molar-refractivity contribution in [1.82, 2.24) is 10.6 Å². The van der Waals surface area contributed by atoms with Crippen molar-refractivity contribution < 1.29 is 43.6 Å². The maximum absolute atomic E-state index is 14.1. The molecule has 0 bridgehead atoms. The molecule has 1 saturated carbocycles. The maximum Gasteiger partial charge on any atom is 0.407 e. The monoisotopic (exact) mass is 790 g/mol. The van der Waals surface area contributed by atoms with Crippen LogP contribution in [0.4, 0.5) is 16.2 Å². The molecule has 3 aromatic carbocycles. The van der Waals surface area contributed by atoms with Crippen molar-refractivity contribution in [2.75, 3.05) is 37.1 Å². The van der Waals surface area contributed by atoms with E-state index in [4.69, 9.17) is 30.6 Å². The second-order valence-electron chi connectivity index (χ2n) is 15.8. The van der Waals surface area contributed by atoms with Crippen LogP contribution in [0, 0.1) is 23.7 Å². The van der Waals surface area contributed by atoms with Crippen molar-refractivity contribution in [3.05, 3.63) is 82.9 Å². The van der Waals surface area contributed by atoms with Gasteiger partial charge in [-0.25, -0.2) is 4.79 Å². The highest BCUT2D eigenvalue weighted by molar-refractivity contribution is 6.33. The van der Waals surface area contributed by atoms with E-state index in [1.807, 2.05) is 50.3 Å². The number of aliphatic hydroxyl groups is 2. The first-order valence-corrected chi connectivity index (χ1v) is 19.7. The molecule has 1 saturated heterocycles. The van der Waals surface area contributed by atoms with Crippen LogP contribution in [0.5, 0.6) is 0 Å². The number of carbonyl (C=O) groups is 3. The van der Waals surface area contributed by atoms with Gasteiger partial charge in [0.2, 0.25) is 0 Å². The standard InChI is InChI=1S/C42H51ClN4O9/c1-23-20-31-28(24(2)22-53-40(50)45-19-18-44-33-15-8-11-27-10-6-7-12-29(27)33)17-16-25(3)42(31,52)37(36(23)54-26(4)48)55-38(49)34-21-41(51)30-13-9-14-32(43)35(30)47(5)56-39(41)46-34/h6-15,20,24-25,28,31,34,36-37,39,44,46,51-52H,16-19,21-22H2,1-5H3,(H,45,50)/t24?,25-,28+,31-,34+,36-,37+,39-,41-,42-/m1/s1. The topological polar surface area (TPSA) is 168 Å². The summed E-state index contributed by atoms with van der Waals surface area (Å²) in [4.78, 5) is 45.3. The summed E-state index contributed by atoms with van der Waals surface area (Å²) >= 11 is 6.46. The van der Waals surface area contributed by atoms with Crippen LogP contribution in [0.25, 0.3) is 10.8 Å². The molecule has 14 heteroatoms. The van der Waals surface area contributed by atoms with Gasteiger partial charge in [0.15, 0.2) is 18.4 Å². The van der Waals surface area contributed by atoms with Gasteiger partial charge in [-0.15, -0.1) is 0 Å². The summed E-state index contributed by atoms with van der Waals surface area (Å²) in [6.07, 6.45) is -0.697. The fourth-order valence-corrected chi connectivity index (χ4v) is 9.58. The lowest BCUT2D eigenvalue weighted by atomic mass is 9.55. The molecular weight excluding hydrogens is 740 g/mol. The van der Waals surface area contributed by atoms with Crippen LogP contribution in [0.1, 0.15) is 52.5 Å². The predicted octanol–water partition coefficient (Wildman–Crippen LogP) is 5.42. The van der Waals surface area contributed by atoms with E-state index in [2.05, 4.69) is 28.1 Å². The number of hydroxylamine groups is 1. The molecular formula is C42H51ClN4O9. The first-order chi connectivity index (χ1) is 26.7. The molecule has 2 fully saturated rings. The molecule has 2 aliphatic carbocycles. The average molecular weight is 791 g/mol. The number of ether oxygens (including phenoxy) is 3. The molecule has 300 valence electrons. The Morgan fingerprint density at radius 2 is 1.80 bits per heavy atom. The summed E-state index contributed by atoms with van der Waals surface area (Å²) in [5, 5.41) is 38.0. The minimum atomic E-state index is -1.64. The molecule has 0 aromatic heterocycles. The number of benzene rings is 3. The lowest BCUT2D eigenvalue weighted by molar-refractivity contribution is -0.225. The van der Waals surface area contributed by atoms with Crippen LogP contribution in [0.3, 0.4) is 0 Å². The third-order valence-electron chi connectivity index (χ3n) is 12.2. The normalized spacial score (nSPS) is 31.2. The summed E-state index contributed by atoms with van der Waals surface area (Å²) < 4.78 is 17.7. The Labute approximate surface area is 331 Å². The highest BCUT2D eigenvalue weighted by Crippen LogP contribution is 2.53. The largest absolute Gasteiger partial charge is 0.454 e. The van der Waals surface area contributed by atoms with Crippen molar-refractivity contribution in [1.29, 1.82) is 0 Å². The summed E-state index contributed by atoms with van der Waals surface area (Å²) in [6.45, 7) is 7.90. The molecule has 2 heterocycles. The van der Waals surface area contributed by atoms with Crippen LogP contribution in [-0.2, 0) is 34.2 Å². The molecule has 0 radical (unpaired) electrons. The van der Waals surface area contributed by atoms with Crippen molar-refractivity contribution in [3.8, 4) is 0 Å². The molecule has 1 unspecified atom stereocenters. The van der Waals surface area contributed by atoms with Gasteiger partial charge >= 0.3 is 18.0 Å². The van der Waals surface area contributed by atoms with Gasteiger partial charge in [0.05, 0.1) is 17.3 Å². The highest BCUT2D eigenvalue weighted by Gasteiger charge is 2.62. The number of nitrogens with zero attached hydrogens (tertiary/aromatic N) is 1. The number of fused-ring (bicyclic) bond motifs is 5. The number of rotatable bonds is 10. The Balaban J connectivity index is 1.02. The van der Waals surface area contributed by atoms with Gasteiger partial charge in [-0.3, -0.25) is 24.8 Å². The number of para-hydroxylation sites is 1.